The molecule has 2 heterocycles. The van der Waals surface area contributed by atoms with Crippen molar-refractivity contribution in [3.05, 3.63) is 54.0 Å². The van der Waals surface area contributed by atoms with Crippen LogP contribution in [0.25, 0.3) is 11.4 Å². The maximum atomic E-state index is 12.4. The van der Waals surface area contributed by atoms with Gasteiger partial charge in [0.1, 0.15) is 5.82 Å². The number of nitrogens with zero attached hydrogens (tertiary/aromatic N) is 3. The number of nitrogens with one attached hydrogen (secondary N) is 1. The van der Waals surface area contributed by atoms with Gasteiger partial charge in [-0.2, -0.15) is 4.98 Å². The molecule has 0 fully saturated rings. The third kappa shape index (κ3) is 5.52. The molecule has 8 heteroatoms. The third-order valence-electron chi connectivity index (χ3n) is 3.58. The molecule has 7 nitrogen and oxygen atoms in total. The van der Waals surface area contributed by atoms with Gasteiger partial charge in [0, 0.05) is 17.5 Å². The summed E-state index contributed by atoms with van der Waals surface area (Å²) in [5, 5.41) is 6.80. The Bertz CT molecular complexity index is 916. The molecule has 0 spiro atoms. The summed E-state index contributed by atoms with van der Waals surface area (Å²) in [6.45, 7) is 6.32. The van der Waals surface area contributed by atoms with Crippen LogP contribution in [0.5, 0.6) is 0 Å². The number of anilines is 2. The van der Waals surface area contributed by atoms with Crippen LogP contribution < -0.4 is 11.1 Å². The summed E-state index contributed by atoms with van der Waals surface area (Å²) in [5.41, 5.74) is 7.38. The van der Waals surface area contributed by atoms with Crippen LogP contribution in [0.3, 0.4) is 0 Å². The number of hydrogen-bond acceptors (Lipinski definition) is 6. The number of aromatic nitrogens is 3. The van der Waals surface area contributed by atoms with E-state index in [4.69, 9.17) is 10.3 Å². The second-order valence-electron chi connectivity index (χ2n) is 7.26. The Labute approximate surface area is 163 Å². The van der Waals surface area contributed by atoms with Crippen LogP contribution in [0.4, 0.5) is 11.5 Å². The molecule has 0 radical (unpaired) electrons. The van der Waals surface area contributed by atoms with Gasteiger partial charge in [-0.25, -0.2) is 4.98 Å². The molecule has 1 aromatic carbocycles. The van der Waals surface area contributed by atoms with Crippen LogP contribution >= 0.6 is 12.4 Å². The smallest absolute Gasteiger partial charge is 0.255 e. The predicted octanol–water partition coefficient (Wildman–Crippen LogP) is 3.98. The summed E-state index contributed by atoms with van der Waals surface area (Å²) in [6.07, 6.45) is 2.19. The number of pyridine rings is 1. The average Bonchev–Trinajstić information content (AvgIpc) is 3.03. The van der Waals surface area contributed by atoms with E-state index >= 15 is 0 Å². The first-order valence-electron chi connectivity index (χ1n) is 8.26. The predicted molar refractivity (Wildman–Crippen MR) is 107 cm³/mol. The molecule has 0 saturated carbocycles. The van der Waals surface area contributed by atoms with Gasteiger partial charge in [-0.05, 0) is 29.7 Å². The standard InChI is InChI=1S/C19H21N5O2.ClH/c1-19(2,3)10-16-23-17(24-26-16)12-5-4-6-13(9-12)18(25)22-14-7-8-15(20)21-11-14;/h4-9,11H,10H2,1-3H3,(H2,20,21)(H,22,25);1H. The van der Waals surface area contributed by atoms with Crippen molar-refractivity contribution >= 4 is 29.8 Å². The van der Waals surface area contributed by atoms with E-state index in [0.717, 1.165) is 5.56 Å². The van der Waals surface area contributed by atoms with E-state index in [1.165, 1.54) is 6.20 Å². The fourth-order valence-electron chi connectivity index (χ4n) is 2.38. The van der Waals surface area contributed by atoms with E-state index in [2.05, 4.69) is 41.2 Å². The van der Waals surface area contributed by atoms with Crippen molar-refractivity contribution < 1.29 is 9.32 Å². The average molecular weight is 388 g/mol. The molecular formula is C19H22ClN5O2. The summed E-state index contributed by atoms with van der Waals surface area (Å²) >= 11 is 0. The maximum Gasteiger partial charge on any atom is 0.255 e. The molecule has 0 saturated heterocycles. The van der Waals surface area contributed by atoms with Crippen LogP contribution in [0.2, 0.25) is 0 Å². The van der Waals surface area contributed by atoms with Crippen LogP contribution in [0.1, 0.15) is 37.0 Å². The zero-order chi connectivity index (χ0) is 18.7. The molecule has 0 aliphatic heterocycles. The number of rotatable bonds is 4. The van der Waals surface area contributed by atoms with Gasteiger partial charge in [0.2, 0.25) is 11.7 Å². The van der Waals surface area contributed by atoms with Crippen LogP contribution in [-0.2, 0) is 6.42 Å². The zero-order valence-electron chi connectivity index (χ0n) is 15.4. The van der Waals surface area contributed by atoms with E-state index in [1.807, 2.05) is 6.07 Å². The van der Waals surface area contributed by atoms with Crippen LogP contribution in [0, 0.1) is 5.41 Å². The second kappa shape index (κ2) is 8.18. The second-order valence-corrected chi connectivity index (χ2v) is 7.26. The molecule has 0 aliphatic rings. The van der Waals surface area contributed by atoms with Gasteiger partial charge in [0.05, 0.1) is 11.9 Å². The third-order valence-corrected chi connectivity index (χ3v) is 3.58. The SMILES string of the molecule is CC(C)(C)Cc1nc(-c2cccc(C(=O)Nc3ccc(N)nc3)c2)no1.Cl. The molecule has 1 amide bonds. The van der Waals surface area contributed by atoms with Crippen molar-refractivity contribution in [2.45, 2.75) is 27.2 Å². The van der Waals surface area contributed by atoms with Crippen molar-refractivity contribution in [3.8, 4) is 11.4 Å². The minimum Gasteiger partial charge on any atom is -0.384 e. The monoisotopic (exact) mass is 387 g/mol. The Hall–Kier alpha value is -2.93. The van der Waals surface area contributed by atoms with Crippen molar-refractivity contribution in [2.75, 3.05) is 11.1 Å². The summed E-state index contributed by atoms with van der Waals surface area (Å²) in [7, 11) is 0. The van der Waals surface area contributed by atoms with Crippen LogP contribution in [-0.4, -0.2) is 21.0 Å². The molecule has 3 N–H and O–H groups in total. The highest BCUT2D eigenvalue weighted by molar-refractivity contribution is 6.04. The van der Waals surface area contributed by atoms with Crippen molar-refractivity contribution in [2.24, 2.45) is 5.41 Å². The van der Waals surface area contributed by atoms with E-state index in [0.29, 0.717) is 35.2 Å². The Kier molecular flexibility index (Phi) is 6.17. The number of amides is 1. The molecule has 27 heavy (non-hydrogen) atoms. The van der Waals surface area contributed by atoms with Gasteiger partial charge in [0.25, 0.3) is 5.91 Å². The first kappa shape index (κ1) is 20.4. The van der Waals surface area contributed by atoms with Crippen LogP contribution in [0.15, 0.2) is 47.1 Å². The molecule has 0 unspecified atom stereocenters. The molecule has 3 aromatic rings. The lowest BCUT2D eigenvalue weighted by Gasteiger charge is -2.13. The molecule has 2 aromatic heterocycles. The first-order valence-corrected chi connectivity index (χ1v) is 8.26. The largest absolute Gasteiger partial charge is 0.384 e. The minimum atomic E-state index is -0.253. The number of nitrogens with two attached hydrogens (primary N) is 1. The summed E-state index contributed by atoms with van der Waals surface area (Å²) in [5.74, 6) is 1.19. The molecule has 3 rings (SSSR count). The van der Waals surface area contributed by atoms with E-state index < -0.39 is 0 Å². The van der Waals surface area contributed by atoms with Gasteiger partial charge >= 0.3 is 0 Å². The number of nitrogen functional groups attached to an aromatic ring is 1. The number of carbonyl (C=O) groups is 1. The molecule has 142 valence electrons. The zero-order valence-corrected chi connectivity index (χ0v) is 16.2. The summed E-state index contributed by atoms with van der Waals surface area (Å²) in [6, 6.07) is 10.4. The van der Waals surface area contributed by atoms with E-state index in [9.17, 15) is 4.79 Å². The quantitative estimate of drug-likeness (QED) is 0.701. The maximum absolute atomic E-state index is 12.4. The van der Waals surface area contributed by atoms with Crippen molar-refractivity contribution in [1.29, 1.82) is 0 Å². The van der Waals surface area contributed by atoms with Gasteiger partial charge in [-0.1, -0.05) is 38.1 Å². The lowest BCUT2D eigenvalue weighted by atomic mass is 9.92. The summed E-state index contributed by atoms with van der Waals surface area (Å²) < 4.78 is 5.32. The normalized spacial score (nSPS) is 10.9. The lowest BCUT2D eigenvalue weighted by molar-refractivity contribution is 0.102. The first-order chi connectivity index (χ1) is 12.3. The van der Waals surface area contributed by atoms with Crippen molar-refractivity contribution in [1.82, 2.24) is 15.1 Å². The van der Waals surface area contributed by atoms with Gasteiger partial charge in [-0.15, -0.1) is 12.4 Å². The highest BCUT2D eigenvalue weighted by atomic mass is 35.5. The fraction of sp³-hybridized carbons (Fsp3) is 0.263. The van der Waals surface area contributed by atoms with Crippen molar-refractivity contribution in [3.63, 3.8) is 0 Å². The van der Waals surface area contributed by atoms with Gasteiger partial charge in [-0.3, -0.25) is 4.79 Å². The summed E-state index contributed by atoms with van der Waals surface area (Å²) in [4.78, 5) is 20.8. The fourth-order valence-corrected chi connectivity index (χ4v) is 2.38. The minimum absolute atomic E-state index is 0. The Morgan fingerprint density at radius 2 is 2.00 bits per heavy atom. The van der Waals surface area contributed by atoms with Gasteiger partial charge in [0.15, 0.2) is 0 Å². The van der Waals surface area contributed by atoms with E-state index in [1.54, 1.807) is 30.3 Å². The Morgan fingerprint density at radius 1 is 1.22 bits per heavy atom. The number of carbonyl (C=O) groups excluding carboxylic acids is 1. The molecule has 0 atom stereocenters. The lowest BCUT2D eigenvalue weighted by Crippen LogP contribution is -2.12. The number of benzene rings is 1. The topological polar surface area (TPSA) is 107 Å². The number of hydrogen-bond donors (Lipinski definition) is 2. The molecule has 0 bridgehead atoms. The highest BCUT2D eigenvalue weighted by Gasteiger charge is 2.18. The van der Waals surface area contributed by atoms with Gasteiger partial charge < -0.3 is 15.6 Å². The highest BCUT2D eigenvalue weighted by Crippen LogP contribution is 2.23. The Morgan fingerprint density at radius 3 is 2.67 bits per heavy atom. The Balaban J connectivity index is 0.00000261. The molecule has 0 aliphatic carbocycles. The number of halogens is 1. The van der Waals surface area contributed by atoms with E-state index in [-0.39, 0.29) is 23.7 Å². The molecular weight excluding hydrogens is 366 g/mol.